The minimum atomic E-state index is 0.258. The van der Waals surface area contributed by atoms with Gasteiger partial charge in [0.25, 0.3) is 0 Å². The molecule has 0 aliphatic carbocycles. The molecule has 1 N–H and O–H groups in total. The zero-order valence-corrected chi connectivity index (χ0v) is 15.3. The number of rotatable bonds is 3. The Morgan fingerprint density at radius 3 is 2.78 bits per heavy atom. The maximum atomic E-state index is 4.54. The van der Waals surface area contributed by atoms with Crippen LogP contribution in [0.2, 0.25) is 0 Å². The summed E-state index contributed by atoms with van der Waals surface area (Å²) in [4.78, 5) is 9.31. The number of benzene rings is 1. The minimum Gasteiger partial charge on any atom is -0.354 e. The molecule has 126 valence electrons. The number of thioether (sulfide) groups is 1. The second-order valence-electron chi connectivity index (χ2n) is 6.76. The molecule has 4 nitrogen and oxygen atoms in total. The maximum Gasteiger partial charge on any atom is 0.194 e. The van der Waals surface area contributed by atoms with Crippen molar-refractivity contribution in [3.05, 3.63) is 35.4 Å². The van der Waals surface area contributed by atoms with Crippen molar-refractivity contribution in [2.75, 3.05) is 45.7 Å². The van der Waals surface area contributed by atoms with E-state index in [9.17, 15) is 0 Å². The van der Waals surface area contributed by atoms with Gasteiger partial charge in [0.1, 0.15) is 0 Å². The van der Waals surface area contributed by atoms with Gasteiger partial charge in [0.05, 0.1) is 0 Å². The summed E-state index contributed by atoms with van der Waals surface area (Å²) in [5.74, 6) is 3.50. The molecule has 0 saturated carbocycles. The molecular formula is C18H28N4S. The number of aliphatic imine (C=N–C) groups is 1. The molecule has 1 aromatic carbocycles. The van der Waals surface area contributed by atoms with E-state index < -0.39 is 0 Å². The Balaban J connectivity index is 1.65. The van der Waals surface area contributed by atoms with E-state index in [1.165, 1.54) is 29.1 Å². The van der Waals surface area contributed by atoms with Crippen molar-refractivity contribution in [2.45, 2.75) is 24.9 Å². The molecule has 0 spiro atoms. The molecule has 0 bridgehead atoms. The second kappa shape index (κ2) is 7.14. The molecule has 1 saturated heterocycles. The smallest absolute Gasteiger partial charge is 0.194 e. The van der Waals surface area contributed by atoms with Crippen LogP contribution < -0.4 is 5.32 Å². The van der Waals surface area contributed by atoms with Gasteiger partial charge in [-0.05, 0) is 43.8 Å². The highest BCUT2D eigenvalue weighted by molar-refractivity contribution is 7.99. The Bertz CT molecular complexity index is 564. The summed E-state index contributed by atoms with van der Waals surface area (Å²) >= 11 is 2.06. The zero-order valence-electron chi connectivity index (χ0n) is 14.5. The van der Waals surface area contributed by atoms with Gasteiger partial charge in [-0.25, -0.2) is 0 Å². The minimum absolute atomic E-state index is 0.258. The normalized spacial score (nSPS) is 24.9. The molecule has 2 aliphatic rings. The third-order valence-electron chi connectivity index (χ3n) is 5.25. The Hall–Kier alpha value is -1.20. The molecule has 0 radical (unpaired) electrons. The molecule has 3 rings (SSSR count). The Morgan fingerprint density at radius 2 is 2.13 bits per heavy atom. The monoisotopic (exact) mass is 332 g/mol. The number of nitrogens with zero attached hydrogens (tertiary/aromatic N) is 3. The fourth-order valence-corrected chi connectivity index (χ4v) is 5.05. The number of hydrogen-bond acceptors (Lipinski definition) is 3. The van der Waals surface area contributed by atoms with Gasteiger partial charge >= 0.3 is 0 Å². The lowest BCUT2D eigenvalue weighted by Gasteiger charge is -2.38. The molecule has 1 unspecified atom stereocenters. The van der Waals surface area contributed by atoms with Crippen LogP contribution in [0.4, 0.5) is 0 Å². The number of hydrogen-bond donors (Lipinski definition) is 1. The van der Waals surface area contributed by atoms with Gasteiger partial charge in [-0.3, -0.25) is 4.99 Å². The summed E-state index contributed by atoms with van der Waals surface area (Å²) in [5.41, 5.74) is 3.17. The first kappa shape index (κ1) is 16.7. The van der Waals surface area contributed by atoms with Crippen LogP contribution in [-0.4, -0.2) is 67.0 Å². The number of guanidine groups is 1. The molecule has 23 heavy (non-hydrogen) atoms. The molecule has 0 amide bonds. The van der Waals surface area contributed by atoms with E-state index >= 15 is 0 Å². The highest BCUT2D eigenvalue weighted by Gasteiger charge is 2.37. The molecule has 0 aromatic heterocycles. The van der Waals surface area contributed by atoms with Gasteiger partial charge in [0.2, 0.25) is 0 Å². The van der Waals surface area contributed by atoms with Crippen LogP contribution in [0.15, 0.2) is 29.3 Å². The van der Waals surface area contributed by atoms with E-state index in [4.69, 9.17) is 0 Å². The number of fused-ring (bicyclic) bond motifs is 1. The van der Waals surface area contributed by atoms with Crippen molar-refractivity contribution in [1.82, 2.24) is 15.1 Å². The van der Waals surface area contributed by atoms with E-state index in [1.807, 2.05) is 7.05 Å². The maximum absolute atomic E-state index is 4.54. The Labute approximate surface area is 144 Å². The quantitative estimate of drug-likeness (QED) is 0.678. The van der Waals surface area contributed by atoms with E-state index in [0.29, 0.717) is 0 Å². The molecule has 2 aliphatic heterocycles. The number of likely N-dealkylation sites (N-methyl/N-ethyl adjacent to an activating group) is 1. The van der Waals surface area contributed by atoms with E-state index in [0.717, 1.165) is 32.0 Å². The summed E-state index contributed by atoms with van der Waals surface area (Å²) in [6, 6.07) is 8.76. The molecule has 1 atom stereocenters. The third-order valence-corrected chi connectivity index (χ3v) is 6.48. The van der Waals surface area contributed by atoms with Crippen LogP contribution in [0.1, 0.15) is 17.5 Å². The average molecular weight is 333 g/mol. The molecule has 2 heterocycles. The van der Waals surface area contributed by atoms with Crippen molar-refractivity contribution in [2.24, 2.45) is 4.99 Å². The lowest BCUT2D eigenvalue weighted by molar-refractivity contribution is 0.181. The van der Waals surface area contributed by atoms with Crippen LogP contribution in [0.3, 0.4) is 0 Å². The summed E-state index contributed by atoms with van der Waals surface area (Å²) in [5, 5.41) is 3.65. The van der Waals surface area contributed by atoms with Crippen LogP contribution >= 0.6 is 11.8 Å². The topological polar surface area (TPSA) is 30.9 Å². The van der Waals surface area contributed by atoms with Gasteiger partial charge in [-0.2, -0.15) is 11.8 Å². The van der Waals surface area contributed by atoms with Crippen molar-refractivity contribution in [1.29, 1.82) is 0 Å². The second-order valence-corrected chi connectivity index (χ2v) is 7.87. The van der Waals surface area contributed by atoms with Crippen LogP contribution in [0.5, 0.6) is 0 Å². The predicted octanol–water partition coefficient (Wildman–Crippen LogP) is 2.06. The van der Waals surface area contributed by atoms with Crippen molar-refractivity contribution < 1.29 is 0 Å². The highest BCUT2D eigenvalue weighted by atomic mass is 32.2. The van der Waals surface area contributed by atoms with Gasteiger partial charge in [-0.15, -0.1) is 0 Å². The van der Waals surface area contributed by atoms with Crippen molar-refractivity contribution in [3.8, 4) is 0 Å². The molecule has 1 fully saturated rings. The van der Waals surface area contributed by atoms with Gasteiger partial charge in [0, 0.05) is 38.0 Å². The summed E-state index contributed by atoms with van der Waals surface area (Å²) < 4.78 is 0. The first-order valence-corrected chi connectivity index (χ1v) is 9.58. The summed E-state index contributed by atoms with van der Waals surface area (Å²) in [7, 11) is 6.30. The van der Waals surface area contributed by atoms with Gasteiger partial charge < -0.3 is 15.1 Å². The highest BCUT2D eigenvalue weighted by Crippen LogP contribution is 2.31. The van der Waals surface area contributed by atoms with E-state index in [1.54, 1.807) is 0 Å². The zero-order chi connectivity index (χ0) is 16.3. The van der Waals surface area contributed by atoms with Crippen molar-refractivity contribution in [3.63, 3.8) is 0 Å². The standard InChI is InChI=1S/C18H28N4S/c1-19-17(20-13-18(21(2)3)9-11-23-14-18)22-10-8-15-6-4-5-7-16(15)12-22/h4-7H,8-14H2,1-3H3,(H,19,20). The first-order chi connectivity index (χ1) is 11.1. The van der Waals surface area contributed by atoms with Gasteiger partial charge in [0.15, 0.2) is 5.96 Å². The van der Waals surface area contributed by atoms with Crippen LogP contribution in [-0.2, 0) is 13.0 Å². The molecule has 1 aromatic rings. The lowest BCUT2D eigenvalue weighted by Crippen LogP contribution is -2.55. The predicted molar refractivity (Wildman–Crippen MR) is 100 cm³/mol. The lowest BCUT2D eigenvalue weighted by atomic mass is 9.97. The fraction of sp³-hybridized carbons (Fsp3) is 0.611. The van der Waals surface area contributed by atoms with Crippen LogP contribution in [0.25, 0.3) is 0 Å². The summed E-state index contributed by atoms with van der Waals surface area (Å²) in [6.45, 7) is 2.97. The number of nitrogens with one attached hydrogen (secondary N) is 1. The molecular weight excluding hydrogens is 304 g/mol. The average Bonchev–Trinajstić information content (AvgIpc) is 3.05. The van der Waals surface area contributed by atoms with Crippen molar-refractivity contribution >= 4 is 17.7 Å². The summed E-state index contributed by atoms with van der Waals surface area (Å²) in [6.07, 6.45) is 2.35. The fourth-order valence-electron chi connectivity index (χ4n) is 3.50. The van der Waals surface area contributed by atoms with E-state index in [2.05, 4.69) is 70.2 Å². The molecule has 5 heteroatoms. The van der Waals surface area contributed by atoms with E-state index in [-0.39, 0.29) is 5.54 Å². The van der Waals surface area contributed by atoms with Crippen LogP contribution in [0, 0.1) is 0 Å². The Kier molecular flexibility index (Phi) is 5.17. The SMILES string of the molecule is CN=C(NCC1(N(C)C)CCSC1)N1CCc2ccccc2C1. The first-order valence-electron chi connectivity index (χ1n) is 8.42. The third kappa shape index (κ3) is 3.50. The largest absolute Gasteiger partial charge is 0.354 e. The van der Waals surface area contributed by atoms with Gasteiger partial charge in [-0.1, -0.05) is 24.3 Å². The Morgan fingerprint density at radius 1 is 1.35 bits per heavy atom.